The highest BCUT2D eigenvalue weighted by atomic mass is 127. The van der Waals surface area contributed by atoms with Gasteiger partial charge >= 0.3 is 5.97 Å². The monoisotopic (exact) mass is 347 g/mol. The topological polar surface area (TPSA) is 52.3 Å². The Labute approximate surface area is 116 Å². The van der Waals surface area contributed by atoms with E-state index in [9.17, 15) is 4.79 Å². The van der Waals surface area contributed by atoms with Crippen molar-refractivity contribution in [1.29, 1.82) is 0 Å². The molecule has 0 aliphatic rings. The summed E-state index contributed by atoms with van der Waals surface area (Å²) >= 11 is 2.22. The lowest BCUT2D eigenvalue weighted by atomic mass is 10.0. The SMILES string of the molecule is CC(C)(C)OC(=O)C[C@H](N)c1cccc(I)c1. The van der Waals surface area contributed by atoms with Crippen LogP contribution in [0.25, 0.3) is 0 Å². The minimum absolute atomic E-state index is 0.206. The third-order valence-corrected chi connectivity index (χ3v) is 2.75. The van der Waals surface area contributed by atoms with E-state index in [4.69, 9.17) is 10.5 Å². The maximum atomic E-state index is 11.6. The third-order valence-electron chi connectivity index (χ3n) is 2.08. The van der Waals surface area contributed by atoms with E-state index in [1.807, 2.05) is 45.0 Å². The van der Waals surface area contributed by atoms with Gasteiger partial charge in [0.1, 0.15) is 5.60 Å². The van der Waals surface area contributed by atoms with Gasteiger partial charge in [-0.05, 0) is 61.1 Å². The van der Waals surface area contributed by atoms with Crippen LogP contribution in [0.2, 0.25) is 0 Å². The summed E-state index contributed by atoms with van der Waals surface area (Å²) in [4.78, 5) is 11.6. The molecule has 1 rings (SSSR count). The van der Waals surface area contributed by atoms with E-state index < -0.39 is 5.60 Å². The zero-order valence-corrected chi connectivity index (χ0v) is 12.5. The molecule has 1 atom stereocenters. The van der Waals surface area contributed by atoms with Gasteiger partial charge in [0.05, 0.1) is 6.42 Å². The first-order chi connectivity index (χ1) is 7.78. The molecule has 0 bridgehead atoms. The standard InChI is InChI=1S/C13H18INO2/c1-13(2,3)17-12(16)8-11(15)9-5-4-6-10(14)7-9/h4-7,11H,8,15H2,1-3H3/t11-/m0/s1. The summed E-state index contributed by atoms with van der Waals surface area (Å²) in [6, 6.07) is 7.53. The van der Waals surface area contributed by atoms with Crippen LogP contribution in [0, 0.1) is 3.57 Å². The predicted octanol–water partition coefficient (Wildman–Crippen LogP) is 3.02. The quantitative estimate of drug-likeness (QED) is 0.676. The zero-order valence-electron chi connectivity index (χ0n) is 10.4. The van der Waals surface area contributed by atoms with Crippen molar-refractivity contribution in [3.63, 3.8) is 0 Å². The highest BCUT2D eigenvalue weighted by Crippen LogP contribution is 2.18. The summed E-state index contributed by atoms with van der Waals surface area (Å²) < 4.78 is 6.35. The number of benzene rings is 1. The van der Waals surface area contributed by atoms with Gasteiger partial charge in [-0.3, -0.25) is 4.79 Å². The smallest absolute Gasteiger partial charge is 0.308 e. The van der Waals surface area contributed by atoms with Gasteiger partial charge in [-0.25, -0.2) is 0 Å². The second kappa shape index (κ2) is 5.82. The summed E-state index contributed by atoms with van der Waals surface area (Å²) in [5, 5.41) is 0. The fourth-order valence-corrected chi connectivity index (χ4v) is 1.98. The van der Waals surface area contributed by atoms with Crippen LogP contribution in [0.4, 0.5) is 0 Å². The van der Waals surface area contributed by atoms with Crippen LogP contribution in [0.1, 0.15) is 38.8 Å². The molecule has 0 aromatic heterocycles. The first-order valence-corrected chi connectivity index (χ1v) is 6.59. The van der Waals surface area contributed by atoms with Gasteiger partial charge in [-0.15, -0.1) is 0 Å². The zero-order chi connectivity index (χ0) is 13.1. The van der Waals surface area contributed by atoms with E-state index in [2.05, 4.69) is 22.6 Å². The molecule has 0 amide bonds. The molecule has 0 fully saturated rings. The molecule has 0 radical (unpaired) electrons. The Morgan fingerprint density at radius 3 is 2.65 bits per heavy atom. The molecule has 94 valence electrons. The second-order valence-electron chi connectivity index (χ2n) is 4.95. The molecule has 2 N–H and O–H groups in total. The highest BCUT2D eigenvalue weighted by Gasteiger charge is 2.19. The van der Waals surface area contributed by atoms with E-state index in [-0.39, 0.29) is 18.4 Å². The molecule has 17 heavy (non-hydrogen) atoms. The molecule has 0 saturated heterocycles. The summed E-state index contributed by atoms with van der Waals surface area (Å²) in [6.07, 6.45) is 0.206. The average molecular weight is 347 g/mol. The van der Waals surface area contributed by atoms with Crippen molar-refractivity contribution in [2.24, 2.45) is 5.73 Å². The molecule has 3 nitrogen and oxygen atoms in total. The molecule has 4 heteroatoms. The molecular weight excluding hydrogens is 329 g/mol. The van der Waals surface area contributed by atoms with Crippen molar-refractivity contribution in [3.8, 4) is 0 Å². The van der Waals surface area contributed by atoms with Crippen molar-refractivity contribution >= 4 is 28.6 Å². The molecular formula is C13H18INO2. The summed E-state index contributed by atoms with van der Waals surface area (Å²) in [6.45, 7) is 5.55. The number of ether oxygens (including phenoxy) is 1. The van der Waals surface area contributed by atoms with Gasteiger partial charge in [0.2, 0.25) is 0 Å². The molecule has 0 aliphatic heterocycles. The van der Waals surface area contributed by atoms with Crippen LogP contribution in [-0.4, -0.2) is 11.6 Å². The van der Waals surface area contributed by atoms with Crippen LogP contribution in [0.3, 0.4) is 0 Å². The third kappa shape index (κ3) is 5.50. The minimum atomic E-state index is -0.456. The minimum Gasteiger partial charge on any atom is -0.460 e. The largest absolute Gasteiger partial charge is 0.460 e. The number of carbonyl (C=O) groups excluding carboxylic acids is 1. The first kappa shape index (κ1) is 14.4. The molecule has 0 spiro atoms. The van der Waals surface area contributed by atoms with Crippen molar-refractivity contribution in [2.75, 3.05) is 0 Å². The maximum Gasteiger partial charge on any atom is 0.308 e. The fraction of sp³-hybridized carbons (Fsp3) is 0.462. The van der Waals surface area contributed by atoms with E-state index in [0.29, 0.717) is 0 Å². The first-order valence-electron chi connectivity index (χ1n) is 5.51. The number of halogens is 1. The summed E-state index contributed by atoms with van der Waals surface area (Å²) in [5.74, 6) is -0.260. The van der Waals surface area contributed by atoms with E-state index in [1.165, 1.54) is 0 Å². The van der Waals surface area contributed by atoms with Crippen LogP contribution in [0.15, 0.2) is 24.3 Å². The predicted molar refractivity (Wildman–Crippen MR) is 76.5 cm³/mol. The second-order valence-corrected chi connectivity index (χ2v) is 6.20. The lowest BCUT2D eigenvalue weighted by Gasteiger charge is -2.21. The van der Waals surface area contributed by atoms with Crippen LogP contribution >= 0.6 is 22.6 Å². The maximum absolute atomic E-state index is 11.6. The highest BCUT2D eigenvalue weighted by molar-refractivity contribution is 14.1. The van der Waals surface area contributed by atoms with Crippen LogP contribution in [0.5, 0.6) is 0 Å². The molecule has 0 saturated carbocycles. The molecule has 0 heterocycles. The van der Waals surface area contributed by atoms with Crippen molar-refractivity contribution < 1.29 is 9.53 Å². The van der Waals surface area contributed by atoms with Gasteiger partial charge in [-0.2, -0.15) is 0 Å². The van der Waals surface area contributed by atoms with E-state index in [1.54, 1.807) is 0 Å². The number of hydrogen-bond donors (Lipinski definition) is 1. The number of hydrogen-bond acceptors (Lipinski definition) is 3. The van der Waals surface area contributed by atoms with E-state index in [0.717, 1.165) is 9.13 Å². The Morgan fingerprint density at radius 1 is 1.47 bits per heavy atom. The normalized spacial score (nSPS) is 13.2. The molecule has 0 aliphatic carbocycles. The number of nitrogens with two attached hydrogens (primary N) is 1. The van der Waals surface area contributed by atoms with Gasteiger partial charge in [-0.1, -0.05) is 12.1 Å². The van der Waals surface area contributed by atoms with Crippen LogP contribution < -0.4 is 5.73 Å². The number of carbonyl (C=O) groups is 1. The Kier molecular flexibility index (Phi) is 4.94. The molecule has 0 unspecified atom stereocenters. The summed E-state index contributed by atoms with van der Waals surface area (Å²) in [5.41, 5.74) is 6.48. The van der Waals surface area contributed by atoms with Crippen molar-refractivity contribution in [1.82, 2.24) is 0 Å². The van der Waals surface area contributed by atoms with Gasteiger partial charge < -0.3 is 10.5 Å². The average Bonchev–Trinajstić information content (AvgIpc) is 2.14. The molecule has 1 aromatic rings. The number of esters is 1. The van der Waals surface area contributed by atoms with E-state index >= 15 is 0 Å². The Bertz CT molecular complexity index is 399. The lowest BCUT2D eigenvalue weighted by molar-refractivity contribution is -0.155. The Balaban J connectivity index is 2.61. The van der Waals surface area contributed by atoms with Gasteiger partial charge in [0.15, 0.2) is 0 Å². The number of rotatable bonds is 3. The van der Waals surface area contributed by atoms with Gasteiger partial charge in [0.25, 0.3) is 0 Å². The fourth-order valence-electron chi connectivity index (χ4n) is 1.42. The molecule has 1 aromatic carbocycles. The Morgan fingerprint density at radius 2 is 2.12 bits per heavy atom. The van der Waals surface area contributed by atoms with Crippen molar-refractivity contribution in [2.45, 2.75) is 38.8 Å². The summed E-state index contributed by atoms with van der Waals surface area (Å²) in [7, 11) is 0. The van der Waals surface area contributed by atoms with Crippen LogP contribution in [-0.2, 0) is 9.53 Å². The Hall–Kier alpha value is -0.620. The lowest BCUT2D eigenvalue weighted by Crippen LogP contribution is -2.26. The van der Waals surface area contributed by atoms with Crippen molar-refractivity contribution in [3.05, 3.63) is 33.4 Å². The van der Waals surface area contributed by atoms with Gasteiger partial charge in [0, 0.05) is 9.61 Å².